The van der Waals surface area contributed by atoms with E-state index in [1.165, 1.54) is 0 Å². The SMILES string of the molecule is CC#C[C@@H](CNC(=O)OCc1ccccc1)N(CCC)c1ccc(S(C)(=O)=NC)cc1. The van der Waals surface area contributed by atoms with Crippen molar-refractivity contribution >= 4 is 21.5 Å². The number of alkyl carbamates (subject to hydrolysis) is 1. The highest BCUT2D eigenvalue weighted by molar-refractivity contribution is 7.93. The van der Waals surface area contributed by atoms with E-state index in [-0.39, 0.29) is 12.6 Å². The predicted molar refractivity (Wildman–Crippen MR) is 127 cm³/mol. The van der Waals surface area contributed by atoms with Crippen LogP contribution in [0.15, 0.2) is 63.9 Å². The van der Waals surface area contributed by atoms with Gasteiger partial charge in [-0.1, -0.05) is 43.2 Å². The zero-order valence-electron chi connectivity index (χ0n) is 18.6. The molecular formula is C24H31N3O3S. The van der Waals surface area contributed by atoms with Crippen molar-refractivity contribution in [2.24, 2.45) is 4.36 Å². The van der Waals surface area contributed by atoms with Crippen molar-refractivity contribution in [2.75, 3.05) is 31.3 Å². The van der Waals surface area contributed by atoms with E-state index in [1.807, 2.05) is 54.6 Å². The Balaban J connectivity index is 2.09. The first kappa shape index (κ1) is 24.3. The number of hydrogen-bond acceptors (Lipinski definition) is 5. The van der Waals surface area contributed by atoms with Crippen LogP contribution in [0.5, 0.6) is 0 Å². The molecule has 0 aliphatic rings. The molecule has 2 aromatic carbocycles. The van der Waals surface area contributed by atoms with E-state index < -0.39 is 15.8 Å². The van der Waals surface area contributed by atoms with Gasteiger partial charge in [0.1, 0.15) is 12.6 Å². The van der Waals surface area contributed by atoms with Crippen molar-refractivity contribution in [3.63, 3.8) is 0 Å². The third-order valence-electron chi connectivity index (χ3n) is 4.76. The Hall–Kier alpha value is -2.98. The quantitative estimate of drug-likeness (QED) is 0.589. The van der Waals surface area contributed by atoms with Crippen LogP contribution in [0.3, 0.4) is 0 Å². The molecule has 1 N–H and O–H groups in total. The maximum absolute atomic E-state index is 12.5. The van der Waals surface area contributed by atoms with Gasteiger partial charge in [-0.3, -0.25) is 0 Å². The zero-order valence-corrected chi connectivity index (χ0v) is 19.4. The van der Waals surface area contributed by atoms with Gasteiger partial charge in [0, 0.05) is 30.4 Å². The lowest BCUT2D eigenvalue weighted by Gasteiger charge is -2.30. The van der Waals surface area contributed by atoms with Gasteiger partial charge in [0.15, 0.2) is 0 Å². The number of benzene rings is 2. The number of ether oxygens (including phenoxy) is 1. The normalized spacial score (nSPS) is 13.2. The van der Waals surface area contributed by atoms with Gasteiger partial charge in [-0.05, 0) is 43.2 Å². The smallest absolute Gasteiger partial charge is 0.407 e. The second-order valence-electron chi connectivity index (χ2n) is 7.03. The summed E-state index contributed by atoms with van der Waals surface area (Å²) in [4.78, 5) is 15.0. The third-order valence-corrected chi connectivity index (χ3v) is 6.60. The Morgan fingerprint density at radius 3 is 2.45 bits per heavy atom. The van der Waals surface area contributed by atoms with Gasteiger partial charge in [0.25, 0.3) is 0 Å². The maximum atomic E-state index is 12.5. The number of hydrogen-bond donors (Lipinski definition) is 1. The Bertz CT molecular complexity index is 1020. The van der Waals surface area contributed by atoms with E-state index >= 15 is 0 Å². The first-order chi connectivity index (χ1) is 14.9. The fourth-order valence-corrected chi connectivity index (χ4v) is 3.91. The number of carbonyl (C=O) groups is 1. The molecule has 0 aliphatic heterocycles. The summed E-state index contributed by atoms with van der Waals surface area (Å²) in [5.74, 6) is 6.14. The summed E-state index contributed by atoms with van der Waals surface area (Å²) < 4.78 is 21.8. The molecule has 31 heavy (non-hydrogen) atoms. The van der Waals surface area contributed by atoms with Crippen LogP contribution >= 0.6 is 0 Å². The van der Waals surface area contributed by atoms with Crippen LogP contribution in [0.4, 0.5) is 10.5 Å². The molecule has 0 radical (unpaired) electrons. The number of amides is 1. The number of nitrogens with one attached hydrogen (secondary N) is 1. The molecule has 0 saturated carbocycles. The average molecular weight is 442 g/mol. The molecule has 2 atom stereocenters. The van der Waals surface area contributed by atoms with Crippen molar-refractivity contribution in [3.8, 4) is 11.8 Å². The van der Waals surface area contributed by atoms with Crippen molar-refractivity contribution in [3.05, 3.63) is 60.2 Å². The number of carbonyl (C=O) groups excluding carboxylic acids is 1. The fourth-order valence-electron chi connectivity index (χ4n) is 3.06. The molecule has 7 heteroatoms. The molecule has 0 bridgehead atoms. The molecule has 2 aromatic rings. The fraction of sp³-hybridized carbons (Fsp3) is 0.375. The van der Waals surface area contributed by atoms with Crippen LogP contribution in [0.1, 0.15) is 25.8 Å². The van der Waals surface area contributed by atoms with Crippen molar-refractivity contribution < 1.29 is 13.7 Å². The first-order valence-electron chi connectivity index (χ1n) is 10.2. The molecule has 6 nitrogen and oxygen atoms in total. The third kappa shape index (κ3) is 7.34. The van der Waals surface area contributed by atoms with E-state index in [0.29, 0.717) is 11.4 Å². The Morgan fingerprint density at radius 1 is 1.19 bits per heavy atom. The molecule has 0 fully saturated rings. The van der Waals surface area contributed by atoms with Crippen LogP contribution in [0.25, 0.3) is 0 Å². The van der Waals surface area contributed by atoms with Crippen LogP contribution in [-0.4, -0.2) is 42.7 Å². The largest absolute Gasteiger partial charge is 0.445 e. The summed E-state index contributed by atoms with van der Waals surface area (Å²) >= 11 is 0. The molecule has 1 amide bonds. The van der Waals surface area contributed by atoms with Crippen molar-refractivity contribution in [1.29, 1.82) is 0 Å². The van der Waals surface area contributed by atoms with E-state index in [2.05, 4.69) is 33.3 Å². The summed E-state index contributed by atoms with van der Waals surface area (Å²) in [6.07, 6.45) is 2.06. The Morgan fingerprint density at radius 2 is 1.87 bits per heavy atom. The molecule has 0 aliphatic carbocycles. The molecule has 0 spiro atoms. The second-order valence-corrected chi connectivity index (χ2v) is 9.47. The van der Waals surface area contributed by atoms with E-state index in [9.17, 15) is 9.00 Å². The van der Waals surface area contributed by atoms with Crippen LogP contribution < -0.4 is 10.2 Å². The van der Waals surface area contributed by atoms with Gasteiger partial charge in [0.2, 0.25) is 0 Å². The molecule has 0 saturated heterocycles. The summed E-state index contributed by atoms with van der Waals surface area (Å²) in [5, 5.41) is 2.83. The zero-order chi connectivity index (χ0) is 22.7. The van der Waals surface area contributed by atoms with E-state index in [1.54, 1.807) is 20.2 Å². The number of nitrogens with zero attached hydrogens (tertiary/aromatic N) is 2. The lowest BCUT2D eigenvalue weighted by atomic mass is 10.2. The second kappa shape index (κ2) is 12.0. The highest BCUT2D eigenvalue weighted by Gasteiger charge is 2.18. The van der Waals surface area contributed by atoms with Gasteiger partial charge in [-0.15, -0.1) is 5.92 Å². The number of rotatable bonds is 9. The monoisotopic (exact) mass is 441 g/mol. The van der Waals surface area contributed by atoms with E-state index in [4.69, 9.17) is 4.74 Å². The molecule has 1 unspecified atom stereocenters. The molecular weight excluding hydrogens is 410 g/mol. The summed E-state index contributed by atoms with van der Waals surface area (Å²) in [6, 6.07) is 16.9. The van der Waals surface area contributed by atoms with Gasteiger partial charge in [-0.25, -0.2) is 13.4 Å². The molecule has 2 rings (SSSR count). The lowest BCUT2D eigenvalue weighted by Crippen LogP contribution is -2.44. The van der Waals surface area contributed by atoms with Gasteiger partial charge < -0.3 is 15.0 Å². The highest BCUT2D eigenvalue weighted by atomic mass is 32.2. The van der Waals surface area contributed by atoms with Crippen LogP contribution in [0, 0.1) is 11.8 Å². The Kier molecular flexibility index (Phi) is 9.41. The average Bonchev–Trinajstić information content (AvgIpc) is 2.80. The highest BCUT2D eigenvalue weighted by Crippen LogP contribution is 2.21. The maximum Gasteiger partial charge on any atom is 0.407 e. The minimum atomic E-state index is -2.38. The van der Waals surface area contributed by atoms with E-state index in [0.717, 1.165) is 24.2 Å². The van der Waals surface area contributed by atoms with Crippen molar-refractivity contribution in [1.82, 2.24) is 5.32 Å². The molecule has 166 valence electrons. The van der Waals surface area contributed by atoms with Gasteiger partial charge in [0.05, 0.1) is 16.3 Å². The van der Waals surface area contributed by atoms with Crippen molar-refractivity contribution in [2.45, 2.75) is 37.8 Å². The van der Waals surface area contributed by atoms with Gasteiger partial charge >= 0.3 is 6.09 Å². The van der Waals surface area contributed by atoms with Gasteiger partial charge in [-0.2, -0.15) is 0 Å². The standard InChI is InChI=1S/C24H31N3O3S/c1-5-10-22(18-26-24(28)30-19-20-11-8-7-9-12-20)27(17-6-2)21-13-15-23(16-14-21)31(4,29)25-3/h7-9,11-16,22H,6,17-19H2,1-4H3,(H,26,28)/t22-,31?/m0/s1. The Labute approximate surface area is 186 Å². The predicted octanol–water partition coefficient (Wildman–Crippen LogP) is 4.31. The van der Waals surface area contributed by atoms with Crippen LogP contribution in [0.2, 0.25) is 0 Å². The topological polar surface area (TPSA) is 71.0 Å². The summed E-state index contributed by atoms with van der Waals surface area (Å²) in [6.45, 7) is 5.18. The molecule has 0 heterocycles. The number of anilines is 1. The van der Waals surface area contributed by atoms with Crippen LogP contribution in [-0.2, 0) is 21.1 Å². The molecule has 0 aromatic heterocycles. The summed E-state index contributed by atoms with van der Waals surface area (Å²) in [7, 11) is -0.815. The first-order valence-corrected chi connectivity index (χ1v) is 12.2. The minimum Gasteiger partial charge on any atom is -0.445 e. The summed E-state index contributed by atoms with van der Waals surface area (Å²) in [5.41, 5.74) is 1.88. The lowest BCUT2D eigenvalue weighted by molar-refractivity contribution is 0.139. The minimum absolute atomic E-state index is 0.218.